The van der Waals surface area contributed by atoms with Crippen molar-refractivity contribution >= 4 is 17.3 Å². The zero-order valence-corrected chi connectivity index (χ0v) is 22.7. The molecule has 4 aromatic rings. The molecule has 2 aromatic carbocycles. The Balaban J connectivity index is 1.61. The van der Waals surface area contributed by atoms with E-state index in [2.05, 4.69) is 20.7 Å². The number of benzene rings is 2. The van der Waals surface area contributed by atoms with Crippen molar-refractivity contribution < 1.29 is 18.0 Å². The summed E-state index contributed by atoms with van der Waals surface area (Å²) in [5.41, 5.74) is 3.70. The largest absolute Gasteiger partial charge is 0.416 e. The lowest BCUT2D eigenvalue weighted by Gasteiger charge is -2.23. The fourth-order valence-corrected chi connectivity index (χ4v) is 4.00. The predicted molar refractivity (Wildman–Crippen MR) is 144 cm³/mol. The molecule has 0 aliphatic heterocycles. The van der Waals surface area contributed by atoms with Crippen LogP contribution in [-0.2, 0) is 13.2 Å². The summed E-state index contributed by atoms with van der Waals surface area (Å²) in [6, 6.07) is 8.58. The minimum atomic E-state index is -4.56. The van der Waals surface area contributed by atoms with Gasteiger partial charge in [0.2, 0.25) is 0 Å². The smallest absolute Gasteiger partial charge is 0.373 e. The highest BCUT2D eigenvalue weighted by Crippen LogP contribution is 2.34. The summed E-state index contributed by atoms with van der Waals surface area (Å²) in [6.45, 7) is 4.97. The summed E-state index contributed by atoms with van der Waals surface area (Å²) < 4.78 is 44.3. The summed E-state index contributed by atoms with van der Waals surface area (Å²) in [6.07, 6.45) is -1.11. The maximum Gasteiger partial charge on any atom is 0.416 e. The molecule has 12 heteroatoms. The molecular formula is C27H31F3N8O. The highest BCUT2D eigenvalue weighted by Gasteiger charge is 2.32. The predicted octanol–water partition coefficient (Wildman–Crippen LogP) is 4.55. The summed E-state index contributed by atoms with van der Waals surface area (Å²) in [5.74, 6) is -0.541. The van der Waals surface area contributed by atoms with Crippen LogP contribution >= 0.6 is 0 Å². The number of hydrogen-bond donors (Lipinski definition) is 1. The van der Waals surface area contributed by atoms with Gasteiger partial charge in [-0.15, -0.1) is 5.10 Å². The SMILES string of the molecule is Cc1ccc(C(=O)Nc2cc(N(C)CCN(C)C)cc(C(F)(F)F)c2)cc1-n1cc(-c2cnn(C)c2C)nn1. The number of nitrogens with one attached hydrogen (secondary N) is 1. The molecule has 9 nitrogen and oxygen atoms in total. The zero-order valence-electron chi connectivity index (χ0n) is 22.7. The molecule has 0 spiro atoms. The van der Waals surface area contributed by atoms with Crippen LogP contribution in [0.15, 0.2) is 48.8 Å². The zero-order chi connectivity index (χ0) is 28.5. The van der Waals surface area contributed by atoms with Crippen LogP contribution in [0, 0.1) is 13.8 Å². The van der Waals surface area contributed by atoms with Crippen molar-refractivity contribution in [2.75, 3.05) is 44.4 Å². The molecule has 0 saturated heterocycles. The molecule has 0 radical (unpaired) electrons. The molecular weight excluding hydrogens is 509 g/mol. The van der Waals surface area contributed by atoms with Crippen LogP contribution < -0.4 is 10.2 Å². The van der Waals surface area contributed by atoms with E-state index < -0.39 is 17.6 Å². The minimum absolute atomic E-state index is 0.0544. The van der Waals surface area contributed by atoms with Gasteiger partial charge in [-0.05, 0) is 63.8 Å². The van der Waals surface area contributed by atoms with Crippen molar-refractivity contribution in [3.05, 3.63) is 71.2 Å². The normalized spacial score (nSPS) is 11.7. The Morgan fingerprint density at radius 3 is 2.44 bits per heavy atom. The van der Waals surface area contributed by atoms with Crippen molar-refractivity contribution in [1.82, 2.24) is 29.7 Å². The van der Waals surface area contributed by atoms with Gasteiger partial charge < -0.3 is 15.1 Å². The van der Waals surface area contributed by atoms with Gasteiger partial charge in [0.25, 0.3) is 5.91 Å². The van der Waals surface area contributed by atoms with Crippen molar-refractivity contribution in [3.63, 3.8) is 0 Å². The Morgan fingerprint density at radius 2 is 1.79 bits per heavy atom. The summed E-state index contributed by atoms with van der Waals surface area (Å²) >= 11 is 0. The Labute approximate surface area is 224 Å². The molecule has 2 heterocycles. The summed E-state index contributed by atoms with van der Waals surface area (Å²) in [4.78, 5) is 16.8. The standard InChI is InChI=1S/C27H31F3N8O/c1-17-7-8-19(11-25(17)38-16-24(33-34-38)23-15-31-37(6)18(23)2)26(39)32-21-12-20(27(28,29)30)13-22(14-21)36(5)10-9-35(3)4/h7-8,11-16H,9-10H2,1-6H3,(H,32,39). The number of hydrogen-bond acceptors (Lipinski definition) is 6. The van der Waals surface area contributed by atoms with Crippen LogP contribution in [0.25, 0.3) is 16.9 Å². The maximum atomic E-state index is 13.7. The second-order valence-electron chi connectivity index (χ2n) is 9.76. The van der Waals surface area contributed by atoms with E-state index in [1.54, 1.807) is 51.9 Å². The van der Waals surface area contributed by atoms with Gasteiger partial charge in [-0.2, -0.15) is 18.3 Å². The van der Waals surface area contributed by atoms with Crippen molar-refractivity contribution in [2.24, 2.45) is 7.05 Å². The third kappa shape index (κ3) is 6.28. The van der Waals surface area contributed by atoms with E-state index in [1.807, 2.05) is 39.9 Å². The second kappa shape index (κ2) is 10.9. The van der Waals surface area contributed by atoms with E-state index in [4.69, 9.17) is 0 Å². The average molecular weight is 541 g/mol. The molecule has 0 saturated carbocycles. The molecule has 4 rings (SSSR count). The van der Waals surface area contributed by atoms with E-state index >= 15 is 0 Å². The van der Waals surface area contributed by atoms with Gasteiger partial charge in [0.15, 0.2) is 0 Å². The Kier molecular flexibility index (Phi) is 7.77. The van der Waals surface area contributed by atoms with Crippen molar-refractivity contribution in [3.8, 4) is 16.9 Å². The van der Waals surface area contributed by atoms with Gasteiger partial charge >= 0.3 is 6.18 Å². The Hall–Kier alpha value is -4.19. The summed E-state index contributed by atoms with van der Waals surface area (Å²) in [7, 11) is 7.34. The monoisotopic (exact) mass is 540 g/mol. The minimum Gasteiger partial charge on any atom is -0.373 e. The van der Waals surface area contributed by atoms with Gasteiger partial charge in [-0.3, -0.25) is 9.48 Å². The number of carbonyl (C=O) groups is 1. The fourth-order valence-electron chi connectivity index (χ4n) is 4.00. The molecule has 1 N–H and O–H groups in total. The number of carbonyl (C=O) groups excluding carboxylic acids is 1. The first kappa shape index (κ1) is 27.8. The topological polar surface area (TPSA) is 84.1 Å². The first-order valence-corrected chi connectivity index (χ1v) is 12.3. The van der Waals surface area contributed by atoms with Gasteiger partial charge in [-0.25, -0.2) is 4.68 Å². The number of nitrogens with zero attached hydrogens (tertiary/aromatic N) is 7. The van der Waals surface area contributed by atoms with Gasteiger partial charge in [0.05, 0.1) is 23.6 Å². The van der Waals surface area contributed by atoms with E-state index in [9.17, 15) is 18.0 Å². The van der Waals surface area contributed by atoms with Gasteiger partial charge in [-0.1, -0.05) is 11.3 Å². The number of rotatable bonds is 8. The third-order valence-electron chi connectivity index (χ3n) is 6.55. The number of aromatic nitrogens is 5. The van der Waals surface area contributed by atoms with E-state index in [-0.39, 0.29) is 11.3 Å². The quantitative estimate of drug-likeness (QED) is 0.353. The molecule has 0 aliphatic carbocycles. The Bertz CT molecular complexity index is 1490. The highest BCUT2D eigenvalue weighted by molar-refractivity contribution is 6.05. The molecule has 0 bridgehead atoms. The molecule has 206 valence electrons. The van der Waals surface area contributed by atoms with E-state index in [0.717, 1.165) is 29.0 Å². The molecule has 39 heavy (non-hydrogen) atoms. The van der Waals surface area contributed by atoms with Crippen LogP contribution in [0.4, 0.5) is 24.5 Å². The van der Waals surface area contributed by atoms with E-state index in [1.165, 1.54) is 6.07 Å². The molecule has 0 unspecified atom stereocenters. The number of likely N-dealkylation sites (N-methyl/N-ethyl adjacent to an activating group) is 2. The lowest BCUT2D eigenvalue weighted by molar-refractivity contribution is -0.137. The number of aryl methyl sites for hydroxylation is 2. The molecule has 0 atom stereocenters. The van der Waals surface area contributed by atoms with Crippen LogP contribution in [0.2, 0.25) is 0 Å². The van der Waals surface area contributed by atoms with Crippen molar-refractivity contribution in [2.45, 2.75) is 20.0 Å². The van der Waals surface area contributed by atoms with Crippen LogP contribution in [-0.4, -0.2) is 69.8 Å². The first-order valence-electron chi connectivity index (χ1n) is 12.3. The van der Waals surface area contributed by atoms with Crippen LogP contribution in [0.1, 0.15) is 27.2 Å². The highest BCUT2D eigenvalue weighted by atomic mass is 19.4. The second-order valence-corrected chi connectivity index (χ2v) is 9.76. The lowest BCUT2D eigenvalue weighted by Crippen LogP contribution is -2.28. The number of alkyl halides is 3. The molecule has 2 aromatic heterocycles. The number of halogens is 3. The van der Waals surface area contributed by atoms with E-state index in [0.29, 0.717) is 30.2 Å². The maximum absolute atomic E-state index is 13.7. The molecule has 1 amide bonds. The summed E-state index contributed by atoms with van der Waals surface area (Å²) in [5, 5.41) is 15.3. The van der Waals surface area contributed by atoms with Gasteiger partial charge in [0.1, 0.15) is 5.69 Å². The fraction of sp³-hybridized carbons (Fsp3) is 0.333. The number of anilines is 2. The van der Waals surface area contributed by atoms with Crippen LogP contribution in [0.3, 0.4) is 0 Å². The average Bonchev–Trinajstić information content (AvgIpc) is 3.48. The lowest BCUT2D eigenvalue weighted by atomic mass is 10.1. The molecule has 0 aliphatic rings. The van der Waals surface area contributed by atoms with Crippen molar-refractivity contribution in [1.29, 1.82) is 0 Å². The first-order chi connectivity index (χ1) is 18.3. The Morgan fingerprint density at radius 1 is 1.05 bits per heavy atom. The molecule has 0 fully saturated rings. The number of amides is 1. The van der Waals surface area contributed by atoms with Gasteiger partial charge in [0, 0.05) is 55.4 Å². The van der Waals surface area contributed by atoms with Crippen LogP contribution in [0.5, 0.6) is 0 Å². The third-order valence-corrected chi connectivity index (χ3v) is 6.55.